The SMILES string of the molecule is C[C@@H](N)c1c(F)cccc1Sc1ccc(F)cc1. The van der Waals surface area contributed by atoms with Gasteiger partial charge >= 0.3 is 0 Å². The van der Waals surface area contributed by atoms with Crippen molar-refractivity contribution >= 4 is 11.8 Å². The first-order chi connectivity index (χ1) is 8.58. The third kappa shape index (κ3) is 2.89. The highest BCUT2D eigenvalue weighted by Crippen LogP contribution is 2.34. The number of benzene rings is 2. The lowest BCUT2D eigenvalue weighted by atomic mass is 10.1. The van der Waals surface area contributed by atoms with Gasteiger partial charge in [-0.15, -0.1) is 0 Å². The van der Waals surface area contributed by atoms with Crippen LogP contribution < -0.4 is 5.73 Å². The number of hydrogen-bond donors (Lipinski definition) is 1. The normalized spacial score (nSPS) is 12.4. The lowest BCUT2D eigenvalue weighted by Crippen LogP contribution is -2.08. The Hall–Kier alpha value is -1.39. The summed E-state index contributed by atoms with van der Waals surface area (Å²) in [6, 6.07) is 10.6. The van der Waals surface area contributed by atoms with Gasteiger partial charge in [-0.3, -0.25) is 0 Å². The molecule has 0 radical (unpaired) electrons. The average Bonchev–Trinajstić information content (AvgIpc) is 2.32. The van der Waals surface area contributed by atoms with E-state index < -0.39 is 0 Å². The summed E-state index contributed by atoms with van der Waals surface area (Å²) in [4.78, 5) is 1.61. The van der Waals surface area contributed by atoms with Gasteiger partial charge in [0.2, 0.25) is 0 Å². The summed E-state index contributed by atoms with van der Waals surface area (Å²) >= 11 is 1.38. The van der Waals surface area contributed by atoms with Crippen LogP contribution >= 0.6 is 11.8 Å². The van der Waals surface area contributed by atoms with E-state index in [1.807, 2.05) is 6.07 Å². The Labute approximate surface area is 109 Å². The smallest absolute Gasteiger partial charge is 0.129 e. The number of rotatable bonds is 3. The van der Waals surface area contributed by atoms with Gasteiger partial charge < -0.3 is 5.73 Å². The van der Waals surface area contributed by atoms with E-state index in [2.05, 4.69) is 0 Å². The average molecular weight is 265 g/mol. The van der Waals surface area contributed by atoms with E-state index >= 15 is 0 Å². The third-order valence-electron chi connectivity index (χ3n) is 2.51. The third-order valence-corrected chi connectivity index (χ3v) is 3.59. The van der Waals surface area contributed by atoms with Gasteiger partial charge in [-0.1, -0.05) is 17.8 Å². The predicted octanol–water partition coefficient (Wildman–Crippen LogP) is 4.14. The maximum atomic E-state index is 13.7. The first-order valence-corrected chi connectivity index (χ1v) is 6.37. The van der Waals surface area contributed by atoms with Crippen LogP contribution in [0.5, 0.6) is 0 Å². The standard InChI is InChI=1S/C14H13F2NS/c1-9(17)14-12(16)3-2-4-13(14)18-11-7-5-10(15)6-8-11/h2-9H,17H2,1H3/t9-/m1/s1. The van der Waals surface area contributed by atoms with Crippen LogP contribution in [0.4, 0.5) is 8.78 Å². The maximum Gasteiger partial charge on any atom is 0.129 e. The van der Waals surface area contributed by atoms with Gasteiger partial charge in [-0.2, -0.15) is 0 Å². The molecule has 0 heterocycles. The summed E-state index contributed by atoms with van der Waals surface area (Å²) in [6.07, 6.45) is 0. The van der Waals surface area contributed by atoms with E-state index in [0.29, 0.717) is 5.56 Å². The Kier molecular flexibility index (Phi) is 3.99. The van der Waals surface area contributed by atoms with E-state index in [0.717, 1.165) is 9.79 Å². The molecule has 18 heavy (non-hydrogen) atoms. The predicted molar refractivity (Wildman–Crippen MR) is 69.5 cm³/mol. The van der Waals surface area contributed by atoms with E-state index in [1.165, 1.54) is 30.0 Å². The number of halogens is 2. The van der Waals surface area contributed by atoms with Crippen LogP contribution in [-0.2, 0) is 0 Å². The van der Waals surface area contributed by atoms with Gasteiger partial charge in [0.1, 0.15) is 11.6 Å². The van der Waals surface area contributed by atoms with Crippen molar-refractivity contribution in [2.75, 3.05) is 0 Å². The monoisotopic (exact) mass is 265 g/mol. The fourth-order valence-corrected chi connectivity index (χ4v) is 2.74. The van der Waals surface area contributed by atoms with Gasteiger partial charge in [0, 0.05) is 21.4 Å². The molecule has 0 saturated heterocycles. The van der Waals surface area contributed by atoms with Crippen LogP contribution in [0.15, 0.2) is 52.3 Å². The molecule has 2 N–H and O–H groups in total. The molecule has 0 aliphatic rings. The highest BCUT2D eigenvalue weighted by Gasteiger charge is 2.13. The lowest BCUT2D eigenvalue weighted by molar-refractivity contribution is 0.585. The van der Waals surface area contributed by atoms with Crippen LogP contribution in [0.2, 0.25) is 0 Å². The highest BCUT2D eigenvalue weighted by atomic mass is 32.2. The summed E-state index contributed by atoms with van der Waals surface area (Å²) in [7, 11) is 0. The van der Waals surface area contributed by atoms with Gasteiger partial charge in [0.15, 0.2) is 0 Å². The van der Waals surface area contributed by atoms with E-state index in [4.69, 9.17) is 5.73 Å². The summed E-state index contributed by atoms with van der Waals surface area (Å²) in [5.74, 6) is -0.594. The molecule has 0 aliphatic carbocycles. The fraction of sp³-hybridized carbons (Fsp3) is 0.143. The zero-order valence-corrected chi connectivity index (χ0v) is 10.7. The van der Waals surface area contributed by atoms with Gasteiger partial charge in [0.05, 0.1) is 0 Å². The van der Waals surface area contributed by atoms with Crippen LogP contribution in [0.3, 0.4) is 0 Å². The Morgan fingerprint density at radius 1 is 1.06 bits per heavy atom. The molecular weight excluding hydrogens is 252 g/mol. The van der Waals surface area contributed by atoms with Crippen molar-refractivity contribution in [3.05, 3.63) is 59.7 Å². The molecule has 2 rings (SSSR count). The molecule has 0 unspecified atom stereocenters. The molecule has 1 nitrogen and oxygen atoms in total. The molecule has 0 spiro atoms. The molecule has 0 bridgehead atoms. The van der Waals surface area contributed by atoms with E-state index in [9.17, 15) is 8.78 Å². The minimum absolute atomic E-state index is 0.286. The topological polar surface area (TPSA) is 26.0 Å². The second-order valence-electron chi connectivity index (χ2n) is 4.00. The number of hydrogen-bond acceptors (Lipinski definition) is 2. The number of nitrogens with two attached hydrogens (primary N) is 1. The molecular formula is C14H13F2NS. The van der Waals surface area contributed by atoms with Crippen molar-refractivity contribution in [2.45, 2.75) is 22.8 Å². The van der Waals surface area contributed by atoms with Gasteiger partial charge in [0.25, 0.3) is 0 Å². The van der Waals surface area contributed by atoms with E-state index in [-0.39, 0.29) is 17.7 Å². The van der Waals surface area contributed by atoms with Crippen LogP contribution in [0.1, 0.15) is 18.5 Å². The van der Waals surface area contributed by atoms with Gasteiger partial charge in [-0.25, -0.2) is 8.78 Å². The molecule has 2 aromatic rings. The molecule has 94 valence electrons. The molecule has 0 aliphatic heterocycles. The van der Waals surface area contributed by atoms with Crippen molar-refractivity contribution in [1.29, 1.82) is 0 Å². The summed E-state index contributed by atoms with van der Waals surface area (Å²) < 4.78 is 26.5. The Balaban J connectivity index is 2.34. The molecule has 2 aromatic carbocycles. The Bertz CT molecular complexity index is 538. The van der Waals surface area contributed by atoms with Gasteiger partial charge in [-0.05, 0) is 43.3 Å². The Morgan fingerprint density at radius 3 is 2.33 bits per heavy atom. The van der Waals surface area contributed by atoms with Crippen LogP contribution in [-0.4, -0.2) is 0 Å². The second-order valence-corrected chi connectivity index (χ2v) is 5.11. The fourth-order valence-electron chi connectivity index (χ4n) is 1.68. The van der Waals surface area contributed by atoms with E-state index in [1.54, 1.807) is 25.1 Å². The molecule has 4 heteroatoms. The lowest BCUT2D eigenvalue weighted by Gasteiger charge is -2.13. The zero-order valence-electron chi connectivity index (χ0n) is 9.86. The quantitative estimate of drug-likeness (QED) is 0.902. The highest BCUT2D eigenvalue weighted by molar-refractivity contribution is 7.99. The largest absolute Gasteiger partial charge is 0.324 e. The van der Waals surface area contributed by atoms with Crippen molar-refractivity contribution in [3.63, 3.8) is 0 Å². The van der Waals surface area contributed by atoms with Crippen LogP contribution in [0, 0.1) is 11.6 Å². The summed E-state index contributed by atoms with van der Waals surface area (Å²) in [6.45, 7) is 1.74. The first-order valence-electron chi connectivity index (χ1n) is 5.55. The first kappa shape index (κ1) is 13.1. The van der Waals surface area contributed by atoms with Crippen molar-refractivity contribution < 1.29 is 8.78 Å². The summed E-state index contributed by atoms with van der Waals surface area (Å²) in [5, 5.41) is 0. The van der Waals surface area contributed by atoms with Crippen molar-refractivity contribution in [3.8, 4) is 0 Å². The Morgan fingerprint density at radius 2 is 1.72 bits per heavy atom. The minimum atomic E-state index is -0.380. The molecule has 0 fully saturated rings. The maximum absolute atomic E-state index is 13.7. The van der Waals surface area contributed by atoms with Crippen molar-refractivity contribution in [2.24, 2.45) is 5.73 Å². The minimum Gasteiger partial charge on any atom is -0.324 e. The van der Waals surface area contributed by atoms with Crippen LogP contribution in [0.25, 0.3) is 0 Å². The van der Waals surface area contributed by atoms with Crippen molar-refractivity contribution in [1.82, 2.24) is 0 Å². The molecule has 0 saturated carbocycles. The second kappa shape index (κ2) is 5.50. The molecule has 0 aromatic heterocycles. The molecule has 0 amide bonds. The zero-order chi connectivity index (χ0) is 13.1. The molecule has 1 atom stereocenters. The summed E-state index contributed by atoms with van der Waals surface area (Å²) in [5.41, 5.74) is 6.27.